The molecule has 1 fully saturated rings. The Hall–Kier alpha value is -2.44. The van der Waals surface area contributed by atoms with Crippen LogP contribution in [-0.2, 0) is 17.6 Å². The molecule has 1 amide bonds. The molecular formula is C19H25FN4O2. The van der Waals surface area contributed by atoms with E-state index in [-0.39, 0.29) is 18.1 Å². The maximum Gasteiger partial charge on any atom is 0.323 e. The van der Waals surface area contributed by atoms with Gasteiger partial charge in [0.25, 0.3) is 0 Å². The maximum atomic E-state index is 13.2. The van der Waals surface area contributed by atoms with Gasteiger partial charge in [-0.15, -0.1) is 0 Å². The number of aromatic nitrogens is 2. The van der Waals surface area contributed by atoms with Gasteiger partial charge in [-0.3, -0.25) is 4.79 Å². The monoisotopic (exact) mass is 360 g/mol. The van der Waals surface area contributed by atoms with E-state index in [2.05, 4.69) is 10.1 Å². The summed E-state index contributed by atoms with van der Waals surface area (Å²) in [6.45, 7) is 1.52. The number of aryl methyl sites for hydroxylation is 1. The van der Waals surface area contributed by atoms with Crippen LogP contribution in [0.1, 0.15) is 30.7 Å². The zero-order chi connectivity index (χ0) is 18.5. The summed E-state index contributed by atoms with van der Waals surface area (Å²) in [6.07, 6.45) is 4.01. The largest absolute Gasteiger partial charge is 0.342 e. The summed E-state index contributed by atoms with van der Waals surface area (Å²) in [6, 6.07) is 6.78. The summed E-state index contributed by atoms with van der Waals surface area (Å²) in [5.74, 6) is 1.07. The summed E-state index contributed by atoms with van der Waals surface area (Å²) in [7, 11) is 3.74. The molecule has 0 saturated carbocycles. The molecule has 1 saturated heterocycles. The number of hydrogen-bond acceptors (Lipinski definition) is 5. The molecule has 140 valence electrons. The van der Waals surface area contributed by atoms with Crippen molar-refractivity contribution in [2.24, 2.45) is 5.92 Å². The van der Waals surface area contributed by atoms with E-state index < -0.39 is 0 Å². The second-order valence-corrected chi connectivity index (χ2v) is 7.06. The van der Waals surface area contributed by atoms with E-state index in [1.165, 1.54) is 12.1 Å². The minimum Gasteiger partial charge on any atom is -0.342 e. The van der Waals surface area contributed by atoms with Crippen molar-refractivity contribution in [1.29, 1.82) is 0 Å². The van der Waals surface area contributed by atoms with Crippen LogP contribution in [0, 0.1) is 11.7 Å². The predicted molar refractivity (Wildman–Crippen MR) is 96.4 cm³/mol. The molecule has 6 nitrogen and oxygen atoms in total. The number of piperidine rings is 1. The minimum absolute atomic E-state index is 0.0721. The van der Waals surface area contributed by atoms with Crippen molar-refractivity contribution >= 4 is 11.9 Å². The second kappa shape index (κ2) is 8.29. The van der Waals surface area contributed by atoms with E-state index in [1.54, 1.807) is 17.0 Å². The normalized spacial score (nSPS) is 15.3. The highest BCUT2D eigenvalue weighted by Gasteiger charge is 2.23. The Kier molecular flexibility index (Phi) is 5.85. The molecule has 0 atom stereocenters. The molecule has 0 N–H and O–H groups in total. The maximum absolute atomic E-state index is 13.2. The van der Waals surface area contributed by atoms with Crippen molar-refractivity contribution in [1.82, 2.24) is 15.0 Å². The van der Waals surface area contributed by atoms with Crippen molar-refractivity contribution in [3.8, 4) is 0 Å². The quantitative estimate of drug-likeness (QED) is 0.793. The molecule has 0 radical (unpaired) electrons. The van der Waals surface area contributed by atoms with Gasteiger partial charge < -0.3 is 14.3 Å². The Morgan fingerprint density at radius 2 is 2.12 bits per heavy atom. The third kappa shape index (κ3) is 4.80. The van der Waals surface area contributed by atoms with Crippen LogP contribution in [-0.4, -0.2) is 48.1 Å². The van der Waals surface area contributed by atoms with Crippen molar-refractivity contribution in [2.75, 3.05) is 32.1 Å². The van der Waals surface area contributed by atoms with Crippen LogP contribution >= 0.6 is 0 Å². The fourth-order valence-electron chi connectivity index (χ4n) is 3.27. The fourth-order valence-corrected chi connectivity index (χ4v) is 3.27. The minimum atomic E-state index is -0.298. The summed E-state index contributed by atoms with van der Waals surface area (Å²) in [4.78, 5) is 20.4. The van der Waals surface area contributed by atoms with Crippen LogP contribution in [0.15, 0.2) is 28.8 Å². The van der Waals surface area contributed by atoms with E-state index in [0.717, 1.165) is 50.2 Å². The third-order valence-electron chi connectivity index (χ3n) is 4.83. The van der Waals surface area contributed by atoms with Gasteiger partial charge in [0.15, 0.2) is 5.82 Å². The van der Waals surface area contributed by atoms with Crippen LogP contribution in [0.25, 0.3) is 0 Å². The van der Waals surface area contributed by atoms with Crippen LogP contribution < -0.4 is 4.90 Å². The number of anilines is 1. The van der Waals surface area contributed by atoms with Crippen molar-refractivity contribution < 1.29 is 13.7 Å². The highest BCUT2D eigenvalue weighted by atomic mass is 19.1. The van der Waals surface area contributed by atoms with Crippen molar-refractivity contribution in [2.45, 2.75) is 32.1 Å². The molecule has 2 heterocycles. The number of rotatable bonds is 6. The van der Waals surface area contributed by atoms with E-state index in [4.69, 9.17) is 4.52 Å². The standard InChI is InChI=1S/C19H25FN4O2/c1-23(2)19-21-17(22-26-19)7-6-14-8-10-24(11-9-14)18(25)13-15-4-3-5-16(20)12-15/h3-5,12,14H,6-11,13H2,1-2H3. The Balaban J connectivity index is 1.42. The first-order valence-electron chi connectivity index (χ1n) is 9.03. The van der Waals surface area contributed by atoms with E-state index in [9.17, 15) is 9.18 Å². The Morgan fingerprint density at radius 3 is 2.77 bits per heavy atom. The molecule has 1 aromatic carbocycles. The van der Waals surface area contributed by atoms with Gasteiger partial charge in [-0.25, -0.2) is 4.39 Å². The number of halogens is 1. The van der Waals surface area contributed by atoms with E-state index in [0.29, 0.717) is 11.9 Å². The molecule has 3 rings (SSSR count). The lowest BCUT2D eigenvalue weighted by Gasteiger charge is -2.32. The van der Waals surface area contributed by atoms with Gasteiger partial charge in [-0.2, -0.15) is 4.98 Å². The molecule has 0 unspecified atom stereocenters. The number of amides is 1. The summed E-state index contributed by atoms with van der Waals surface area (Å²) >= 11 is 0. The average molecular weight is 360 g/mol. The first kappa shape index (κ1) is 18.4. The molecule has 0 bridgehead atoms. The molecule has 0 aliphatic carbocycles. The molecule has 1 aromatic heterocycles. The lowest BCUT2D eigenvalue weighted by Crippen LogP contribution is -2.39. The van der Waals surface area contributed by atoms with Crippen LogP contribution in [0.2, 0.25) is 0 Å². The summed E-state index contributed by atoms with van der Waals surface area (Å²) in [5, 5.41) is 4.00. The van der Waals surface area contributed by atoms with E-state index in [1.807, 2.05) is 19.0 Å². The molecule has 2 aromatic rings. The molecule has 1 aliphatic rings. The topological polar surface area (TPSA) is 62.5 Å². The zero-order valence-corrected chi connectivity index (χ0v) is 15.3. The van der Waals surface area contributed by atoms with Gasteiger partial charge in [-0.05, 0) is 42.9 Å². The number of hydrogen-bond donors (Lipinski definition) is 0. The van der Waals surface area contributed by atoms with Crippen LogP contribution in [0.4, 0.5) is 10.4 Å². The fraction of sp³-hybridized carbons (Fsp3) is 0.526. The summed E-state index contributed by atoms with van der Waals surface area (Å²) in [5.41, 5.74) is 0.728. The smallest absolute Gasteiger partial charge is 0.323 e. The number of benzene rings is 1. The Morgan fingerprint density at radius 1 is 1.35 bits per heavy atom. The van der Waals surface area contributed by atoms with Crippen molar-refractivity contribution in [3.63, 3.8) is 0 Å². The van der Waals surface area contributed by atoms with Gasteiger partial charge in [-0.1, -0.05) is 17.3 Å². The highest BCUT2D eigenvalue weighted by Crippen LogP contribution is 2.23. The molecule has 1 aliphatic heterocycles. The number of carbonyl (C=O) groups excluding carboxylic acids is 1. The van der Waals surface area contributed by atoms with Gasteiger partial charge in [0.2, 0.25) is 5.91 Å². The SMILES string of the molecule is CN(C)c1nc(CCC2CCN(C(=O)Cc3cccc(F)c3)CC2)no1. The molecule has 26 heavy (non-hydrogen) atoms. The van der Waals surface area contributed by atoms with Gasteiger partial charge in [0, 0.05) is 33.6 Å². The molecular weight excluding hydrogens is 335 g/mol. The van der Waals surface area contributed by atoms with Crippen LogP contribution in [0.5, 0.6) is 0 Å². The second-order valence-electron chi connectivity index (χ2n) is 7.06. The van der Waals surface area contributed by atoms with Gasteiger partial charge in [0.1, 0.15) is 5.82 Å². The van der Waals surface area contributed by atoms with Crippen molar-refractivity contribution in [3.05, 3.63) is 41.5 Å². The number of nitrogens with zero attached hydrogens (tertiary/aromatic N) is 4. The van der Waals surface area contributed by atoms with Gasteiger partial charge >= 0.3 is 6.01 Å². The lowest BCUT2D eigenvalue weighted by atomic mass is 9.92. The predicted octanol–water partition coefficient (Wildman–Crippen LogP) is 2.69. The number of carbonyl (C=O) groups is 1. The summed E-state index contributed by atoms with van der Waals surface area (Å²) < 4.78 is 18.4. The molecule has 0 spiro atoms. The van der Waals surface area contributed by atoms with Gasteiger partial charge in [0.05, 0.1) is 6.42 Å². The Bertz CT molecular complexity index is 739. The Labute approximate surface area is 153 Å². The average Bonchev–Trinajstić information content (AvgIpc) is 3.10. The molecule has 7 heteroatoms. The highest BCUT2D eigenvalue weighted by molar-refractivity contribution is 5.78. The lowest BCUT2D eigenvalue weighted by molar-refractivity contribution is -0.131. The third-order valence-corrected chi connectivity index (χ3v) is 4.83. The first-order valence-corrected chi connectivity index (χ1v) is 9.03. The zero-order valence-electron chi connectivity index (χ0n) is 15.3. The first-order chi connectivity index (χ1) is 12.5. The number of likely N-dealkylation sites (tertiary alicyclic amines) is 1. The van der Waals surface area contributed by atoms with Crippen LogP contribution in [0.3, 0.4) is 0 Å². The van der Waals surface area contributed by atoms with E-state index >= 15 is 0 Å².